The zero-order chi connectivity index (χ0) is 18.0. The summed E-state index contributed by atoms with van der Waals surface area (Å²) >= 11 is 24.3. The average molecular weight is 412 g/mol. The number of rotatable bonds is 2. The second-order valence-electron chi connectivity index (χ2n) is 5.85. The lowest BCUT2D eigenvalue weighted by atomic mass is 9.87. The largest absolute Gasteiger partial charge is 0.289 e. The molecule has 1 saturated carbocycles. The second-order valence-corrected chi connectivity index (χ2v) is 7.54. The van der Waals surface area contributed by atoms with Gasteiger partial charge < -0.3 is 0 Å². The van der Waals surface area contributed by atoms with Gasteiger partial charge in [-0.1, -0.05) is 58.5 Å². The lowest BCUT2D eigenvalue weighted by molar-refractivity contribution is -0.112. The molecule has 0 N–H and O–H groups in total. The molecule has 0 spiro atoms. The summed E-state index contributed by atoms with van der Waals surface area (Å²) in [4.78, 5) is 12.8. The fraction of sp³-hybridized carbons (Fsp3) is 0.150. The van der Waals surface area contributed by atoms with Crippen LogP contribution in [0, 0.1) is 0 Å². The molecule has 1 aliphatic rings. The minimum atomic E-state index is 0.0308. The summed E-state index contributed by atoms with van der Waals surface area (Å²) in [7, 11) is 0. The van der Waals surface area contributed by atoms with Crippen molar-refractivity contribution in [3.63, 3.8) is 0 Å². The Hall–Kier alpha value is -1.25. The summed E-state index contributed by atoms with van der Waals surface area (Å²) in [5.74, 6) is 0.0308. The maximum absolute atomic E-state index is 12.8. The van der Waals surface area contributed by atoms with Crippen molar-refractivity contribution in [3.8, 4) is 0 Å². The van der Waals surface area contributed by atoms with Gasteiger partial charge in [-0.2, -0.15) is 0 Å². The third kappa shape index (κ3) is 4.48. The van der Waals surface area contributed by atoms with Crippen LogP contribution in [0.15, 0.2) is 47.5 Å². The summed E-state index contributed by atoms with van der Waals surface area (Å²) in [6.45, 7) is 0. The maximum atomic E-state index is 12.8. The molecule has 0 amide bonds. The van der Waals surface area contributed by atoms with Gasteiger partial charge in [-0.25, -0.2) is 0 Å². The van der Waals surface area contributed by atoms with E-state index in [2.05, 4.69) is 0 Å². The van der Waals surface area contributed by atoms with Gasteiger partial charge in [-0.15, -0.1) is 0 Å². The minimum Gasteiger partial charge on any atom is -0.289 e. The number of carbonyl (C=O) groups is 1. The molecule has 0 radical (unpaired) electrons. The fourth-order valence-corrected chi connectivity index (χ4v) is 3.72. The number of Topliss-reactive ketones (excluding diaryl/α,β-unsaturated/α-hetero) is 1. The Morgan fingerprint density at radius 3 is 1.56 bits per heavy atom. The molecule has 25 heavy (non-hydrogen) atoms. The Labute approximate surface area is 166 Å². The number of ketones is 1. The first kappa shape index (κ1) is 18.5. The van der Waals surface area contributed by atoms with Gasteiger partial charge in [0.1, 0.15) is 0 Å². The van der Waals surface area contributed by atoms with E-state index >= 15 is 0 Å². The van der Waals surface area contributed by atoms with Crippen LogP contribution in [-0.4, -0.2) is 5.78 Å². The van der Waals surface area contributed by atoms with Crippen LogP contribution >= 0.6 is 46.4 Å². The molecule has 0 saturated heterocycles. The zero-order valence-corrected chi connectivity index (χ0v) is 16.2. The number of halogens is 4. The maximum Gasteiger partial charge on any atom is 0.185 e. The SMILES string of the molecule is O=C1/C(=C/c2ccc(Cl)cc2Cl)CCC/C1=C\c1ccc(Cl)cc1Cl. The Morgan fingerprint density at radius 1 is 0.720 bits per heavy atom. The van der Waals surface area contributed by atoms with Crippen LogP contribution in [0.5, 0.6) is 0 Å². The first-order chi connectivity index (χ1) is 11.9. The molecule has 3 rings (SSSR count). The van der Waals surface area contributed by atoms with Gasteiger partial charge in [0.05, 0.1) is 0 Å². The van der Waals surface area contributed by atoms with E-state index in [-0.39, 0.29) is 5.78 Å². The Bertz CT molecular complexity index is 825. The normalized spacial score (nSPS) is 18.2. The quantitative estimate of drug-likeness (QED) is 0.467. The Kier molecular flexibility index (Phi) is 5.91. The van der Waals surface area contributed by atoms with E-state index in [9.17, 15) is 4.79 Å². The molecule has 2 aromatic carbocycles. The summed E-state index contributed by atoms with van der Waals surface area (Å²) in [5.41, 5.74) is 3.07. The molecule has 1 aliphatic carbocycles. The van der Waals surface area contributed by atoms with E-state index in [0.717, 1.165) is 41.5 Å². The molecule has 1 nitrogen and oxygen atoms in total. The van der Waals surface area contributed by atoms with Gasteiger partial charge in [0.15, 0.2) is 5.78 Å². The standard InChI is InChI=1S/C20H14Cl4O/c21-16-6-4-12(18(23)10-16)8-14-2-1-3-15(20(14)25)9-13-5-7-17(22)11-19(13)24/h4-11H,1-3H2/b14-8+,15-9+. The van der Waals surface area contributed by atoms with Crippen molar-refractivity contribution in [2.24, 2.45) is 0 Å². The average Bonchev–Trinajstić information content (AvgIpc) is 2.56. The van der Waals surface area contributed by atoms with Crippen molar-refractivity contribution in [2.75, 3.05) is 0 Å². The van der Waals surface area contributed by atoms with Crippen molar-refractivity contribution in [3.05, 3.63) is 78.8 Å². The highest BCUT2D eigenvalue weighted by Gasteiger charge is 2.21. The van der Waals surface area contributed by atoms with E-state index < -0.39 is 0 Å². The molecule has 0 atom stereocenters. The monoisotopic (exact) mass is 410 g/mol. The third-order valence-electron chi connectivity index (χ3n) is 4.06. The molecule has 128 valence electrons. The van der Waals surface area contributed by atoms with Gasteiger partial charge in [-0.05, 0) is 66.8 Å². The number of allylic oxidation sites excluding steroid dienone is 2. The van der Waals surface area contributed by atoms with Crippen LogP contribution in [0.2, 0.25) is 20.1 Å². The van der Waals surface area contributed by atoms with Crippen LogP contribution in [-0.2, 0) is 4.79 Å². The van der Waals surface area contributed by atoms with Crippen molar-refractivity contribution in [2.45, 2.75) is 19.3 Å². The van der Waals surface area contributed by atoms with E-state index in [4.69, 9.17) is 46.4 Å². The summed E-state index contributed by atoms with van der Waals surface area (Å²) in [6.07, 6.45) is 6.04. The Morgan fingerprint density at radius 2 is 1.16 bits per heavy atom. The third-order valence-corrected chi connectivity index (χ3v) is 5.18. The van der Waals surface area contributed by atoms with Gasteiger partial charge in [0.25, 0.3) is 0 Å². The molecular weight excluding hydrogens is 398 g/mol. The minimum absolute atomic E-state index is 0.0308. The topological polar surface area (TPSA) is 17.1 Å². The molecule has 0 bridgehead atoms. The van der Waals surface area contributed by atoms with Crippen LogP contribution < -0.4 is 0 Å². The predicted octanol–water partition coefficient (Wildman–Crippen LogP) is 7.52. The van der Waals surface area contributed by atoms with Crippen LogP contribution in [0.4, 0.5) is 0 Å². The number of carbonyl (C=O) groups excluding carboxylic acids is 1. The lowest BCUT2D eigenvalue weighted by Crippen LogP contribution is -2.12. The number of hydrogen-bond acceptors (Lipinski definition) is 1. The van der Waals surface area contributed by atoms with Crippen LogP contribution in [0.1, 0.15) is 30.4 Å². The summed E-state index contributed by atoms with van der Waals surface area (Å²) in [5, 5.41) is 2.20. The summed E-state index contributed by atoms with van der Waals surface area (Å²) < 4.78 is 0. The van der Waals surface area contributed by atoms with E-state index in [1.54, 1.807) is 24.3 Å². The lowest BCUT2D eigenvalue weighted by Gasteiger charge is -2.17. The molecule has 0 aromatic heterocycles. The summed E-state index contributed by atoms with van der Waals surface area (Å²) in [6, 6.07) is 10.5. The molecule has 0 heterocycles. The van der Waals surface area contributed by atoms with E-state index in [1.807, 2.05) is 24.3 Å². The van der Waals surface area contributed by atoms with E-state index in [0.29, 0.717) is 20.1 Å². The van der Waals surface area contributed by atoms with Gasteiger partial charge >= 0.3 is 0 Å². The van der Waals surface area contributed by atoms with Crippen molar-refractivity contribution >= 4 is 64.3 Å². The molecule has 1 fully saturated rings. The molecule has 2 aromatic rings. The molecule has 5 heteroatoms. The molecule has 0 unspecified atom stereocenters. The fourth-order valence-electron chi connectivity index (χ4n) is 2.79. The highest BCUT2D eigenvalue weighted by molar-refractivity contribution is 6.36. The first-order valence-corrected chi connectivity index (χ1v) is 9.31. The van der Waals surface area contributed by atoms with Crippen molar-refractivity contribution in [1.29, 1.82) is 0 Å². The second kappa shape index (κ2) is 7.97. The van der Waals surface area contributed by atoms with Gasteiger partial charge in [0, 0.05) is 31.2 Å². The number of hydrogen-bond donors (Lipinski definition) is 0. The molecular formula is C20H14Cl4O. The first-order valence-electron chi connectivity index (χ1n) is 7.80. The number of benzene rings is 2. The van der Waals surface area contributed by atoms with E-state index in [1.165, 1.54) is 0 Å². The molecule has 0 aliphatic heterocycles. The predicted molar refractivity (Wildman–Crippen MR) is 108 cm³/mol. The van der Waals surface area contributed by atoms with Crippen LogP contribution in [0.3, 0.4) is 0 Å². The van der Waals surface area contributed by atoms with Gasteiger partial charge in [0.2, 0.25) is 0 Å². The van der Waals surface area contributed by atoms with Crippen molar-refractivity contribution < 1.29 is 4.79 Å². The smallest absolute Gasteiger partial charge is 0.185 e. The highest BCUT2D eigenvalue weighted by Crippen LogP contribution is 2.32. The van der Waals surface area contributed by atoms with Crippen molar-refractivity contribution in [1.82, 2.24) is 0 Å². The van der Waals surface area contributed by atoms with Gasteiger partial charge in [-0.3, -0.25) is 4.79 Å². The highest BCUT2D eigenvalue weighted by atomic mass is 35.5. The zero-order valence-electron chi connectivity index (χ0n) is 13.2. The van der Waals surface area contributed by atoms with Crippen LogP contribution in [0.25, 0.3) is 12.2 Å². The Balaban J connectivity index is 1.93.